The first-order valence-electron chi connectivity index (χ1n) is 9.24. The molecule has 8 heteroatoms. The van der Waals surface area contributed by atoms with Crippen LogP contribution < -0.4 is 5.32 Å². The molecule has 0 spiro atoms. The van der Waals surface area contributed by atoms with E-state index in [9.17, 15) is 9.59 Å². The molecule has 1 aliphatic rings. The van der Waals surface area contributed by atoms with Crippen LogP contribution in [0.1, 0.15) is 39.7 Å². The quantitative estimate of drug-likeness (QED) is 0.663. The number of hydrogen-bond acceptors (Lipinski definition) is 5. The Labute approximate surface area is 175 Å². The highest BCUT2D eigenvalue weighted by Gasteiger charge is 2.32. The minimum Gasteiger partial charge on any atom is -0.451 e. The molecular weight excluding hydrogens is 392 g/mol. The van der Waals surface area contributed by atoms with Gasteiger partial charge in [0.25, 0.3) is 5.91 Å². The minimum absolute atomic E-state index is 0. The van der Waals surface area contributed by atoms with Crippen molar-refractivity contribution in [1.29, 1.82) is 0 Å². The van der Waals surface area contributed by atoms with Gasteiger partial charge in [0, 0.05) is 50.2 Å². The number of furan rings is 1. The van der Waals surface area contributed by atoms with Gasteiger partial charge >= 0.3 is 0 Å². The number of halogens is 1. The van der Waals surface area contributed by atoms with Crippen molar-refractivity contribution in [3.63, 3.8) is 0 Å². The number of nitrogens with one attached hydrogen (secondary N) is 1. The number of benzene rings is 1. The number of hydrogen-bond donors (Lipinski definition) is 1. The Balaban J connectivity index is 0.00000240. The zero-order valence-electron chi connectivity index (χ0n) is 16.3. The molecule has 7 nitrogen and oxygen atoms in total. The van der Waals surface area contributed by atoms with Crippen molar-refractivity contribution in [2.75, 3.05) is 19.6 Å². The second-order valence-corrected chi connectivity index (χ2v) is 6.91. The van der Waals surface area contributed by atoms with Crippen LogP contribution in [0.3, 0.4) is 0 Å². The second-order valence-electron chi connectivity index (χ2n) is 6.91. The van der Waals surface area contributed by atoms with Crippen molar-refractivity contribution in [2.45, 2.75) is 13.0 Å². The number of imidazole rings is 1. The van der Waals surface area contributed by atoms with E-state index in [4.69, 9.17) is 4.42 Å². The summed E-state index contributed by atoms with van der Waals surface area (Å²) in [5.41, 5.74) is 1.47. The molecule has 1 aliphatic heterocycles. The van der Waals surface area contributed by atoms with Crippen LogP contribution in [0, 0.1) is 0 Å². The normalized spacial score (nSPS) is 16.3. The van der Waals surface area contributed by atoms with E-state index in [0.717, 1.165) is 17.9 Å². The topological polar surface area (TPSA) is 80.4 Å². The summed E-state index contributed by atoms with van der Waals surface area (Å²) in [6.07, 6.45) is 3.62. The highest BCUT2D eigenvalue weighted by atomic mass is 35.5. The molecule has 1 saturated heterocycles. The summed E-state index contributed by atoms with van der Waals surface area (Å²) in [5, 5.41) is 3.33. The van der Waals surface area contributed by atoms with Gasteiger partial charge in [0.2, 0.25) is 0 Å². The van der Waals surface area contributed by atoms with Gasteiger partial charge in [-0.2, -0.15) is 0 Å². The van der Waals surface area contributed by atoms with Crippen LogP contribution in [0.4, 0.5) is 0 Å². The molecule has 1 N–H and O–H groups in total. The summed E-state index contributed by atoms with van der Waals surface area (Å²) < 4.78 is 7.79. The minimum atomic E-state index is -0.152. The monoisotopic (exact) mass is 414 g/mol. The maximum Gasteiger partial charge on any atom is 0.290 e. The Bertz CT molecular complexity index is 1010. The third-order valence-corrected chi connectivity index (χ3v) is 5.05. The van der Waals surface area contributed by atoms with Gasteiger partial charge in [-0.1, -0.05) is 24.3 Å². The third-order valence-electron chi connectivity index (χ3n) is 5.05. The van der Waals surface area contributed by atoms with Crippen LogP contribution >= 0.6 is 12.4 Å². The van der Waals surface area contributed by atoms with E-state index < -0.39 is 0 Å². The largest absolute Gasteiger partial charge is 0.451 e. The lowest BCUT2D eigenvalue weighted by atomic mass is 10.1. The standard InChI is InChI=1S/C21H22N4O3.ClH/c1-14(26)15-3-5-16(6-4-15)18-7-8-19(28-18)21(27)25-12-9-22-13-17(25)20-23-10-11-24(20)2;/h3-8,10-11,17,22H,9,12-13H2,1-2H3;1H. The number of rotatable bonds is 4. The number of carbonyl (C=O) groups excluding carboxylic acids is 2. The van der Waals surface area contributed by atoms with Crippen LogP contribution in [-0.4, -0.2) is 45.8 Å². The summed E-state index contributed by atoms with van der Waals surface area (Å²) in [6.45, 7) is 3.49. The number of Topliss-reactive ketones (excluding diaryl/α,β-unsaturated/α-hetero) is 1. The number of amides is 1. The molecule has 1 fully saturated rings. The second kappa shape index (κ2) is 8.63. The van der Waals surface area contributed by atoms with Crippen LogP contribution in [0.25, 0.3) is 11.3 Å². The van der Waals surface area contributed by atoms with Crippen molar-refractivity contribution >= 4 is 24.1 Å². The highest BCUT2D eigenvalue weighted by Crippen LogP contribution is 2.27. The van der Waals surface area contributed by atoms with Gasteiger partial charge in [-0.3, -0.25) is 9.59 Å². The summed E-state index contributed by atoms with van der Waals surface area (Å²) in [6, 6.07) is 10.5. The highest BCUT2D eigenvalue weighted by molar-refractivity contribution is 5.94. The first-order chi connectivity index (χ1) is 13.5. The Kier molecular flexibility index (Phi) is 6.20. The maximum absolute atomic E-state index is 13.1. The fourth-order valence-electron chi connectivity index (χ4n) is 3.50. The number of aromatic nitrogens is 2. The number of nitrogens with zero attached hydrogens (tertiary/aromatic N) is 3. The summed E-state index contributed by atoms with van der Waals surface area (Å²) in [5.74, 6) is 1.60. The van der Waals surface area contributed by atoms with Crippen LogP contribution in [0.5, 0.6) is 0 Å². The van der Waals surface area contributed by atoms with Crippen molar-refractivity contribution < 1.29 is 14.0 Å². The number of carbonyl (C=O) groups is 2. The Morgan fingerprint density at radius 3 is 2.59 bits per heavy atom. The number of aryl methyl sites for hydroxylation is 1. The van der Waals surface area contributed by atoms with E-state index in [1.807, 2.05) is 29.9 Å². The van der Waals surface area contributed by atoms with Gasteiger partial charge in [-0.25, -0.2) is 4.98 Å². The lowest BCUT2D eigenvalue weighted by Gasteiger charge is -2.35. The van der Waals surface area contributed by atoms with Gasteiger partial charge in [0.05, 0.1) is 0 Å². The van der Waals surface area contributed by atoms with E-state index in [0.29, 0.717) is 30.2 Å². The molecule has 1 aromatic carbocycles. The van der Waals surface area contributed by atoms with Gasteiger partial charge < -0.3 is 19.2 Å². The number of piperazine rings is 1. The first kappa shape index (κ1) is 20.8. The van der Waals surface area contributed by atoms with Crippen molar-refractivity contribution in [2.24, 2.45) is 7.05 Å². The molecule has 1 unspecified atom stereocenters. The zero-order chi connectivity index (χ0) is 19.7. The SMILES string of the molecule is CC(=O)c1ccc(-c2ccc(C(=O)N3CCNCC3c3nccn3C)o2)cc1.Cl. The van der Waals surface area contributed by atoms with Gasteiger partial charge in [0.15, 0.2) is 11.5 Å². The Hall–Kier alpha value is -2.90. The zero-order valence-corrected chi connectivity index (χ0v) is 17.1. The van der Waals surface area contributed by atoms with Crippen molar-refractivity contribution in [3.8, 4) is 11.3 Å². The predicted molar refractivity (Wildman–Crippen MR) is 111 cm³/mol. The molecule has 4 rings (SSSR count). The average molecular weight is 415 g/mol. The number of ketones is 1. The van der Waals surface area contributed by atoms with E-state index in [1.54, 1.807) is 35.4 Å². The molecule has 2 aromatic heterocycles. The molecule has 0 saturated carbocycles. The maximum atomic E-state index is 13.1. The van der Waals surface area contributed by atoms with Crippen molar-refractivity contribution in [1.82, 2.24) is 19.8 Å². The summed E-state index contributed by atoms with van der Waals surface area (Å²) in [7, 11) is 1.93. The third kappa shape index (κ3) is 4.11. The Morgan fingerprint density at radius 1 is 1.17 bits per heavy atom. The van der Waals surface area contributed by atoms with Crippen LogP contribution in [-0.2, 0) is 7.05 Å². The van der Waals surface area contributed by atoms with Crippen LogP contribution in [0.15, 0.2) is 53.2 Å². The van der Waals surface area contributed by atoms with Crippen molar-refractivity contribution in [3.05, 3.63) is 65.9 Å². The molecule has 0 aliphatic carbocycles. The Morgan fingerprint density at radius 2 is 1.93 bits per heavy atom. The first-order valence-corrected chi connectivity index (χ1v) is 9.24. The fraction of sp³-hybridized carbons (Fsp3) is 0.286. The molecule has 1 amide bonds. The molecule has 3 aromatic rings. The smallest absolute Gasteiger partial charge is 0.290 e. The summed E-state index contributed by atoms with van der Waals surface area (Å²) in [4.78, 5) is 30.8. The average Bonchev–Trinajstić information content (AvgIpc) is 3.37. The van der Waals surface area contributed by atoms with Crippen LogP contribution in [0.2, 0.25) is 0 Å². The molecular formula is C21H23ClN4O3. The van der Waals surface area contributed by atoms with Gasteiger partial charge in [-0.05, 0) is 19.1 Å². The van der Waals surface area contributed by atoms with E-state index in [2.05, 4.69) is 10.3 Å². The predicted octanol–water partition coefficient (Wildman–Crippen LogP) is 3.09. The molecule has 29 heavy (non-hydrogen) atoms. The van der Waals surface area contributed by atoms with E-state index in [1.165, 1.54) is 6.92 Å². The molecule has 3 heterocycles. The fourth-order valence-corrected chi connectivity index (χ4v) is 3.50. The molecule has 152 valence electrons. The summed E-state index contributed by atoms with van der Waals surface area (Å²) >= 11 is 0. The van der Waals surface area contributed by atoms with E-state index in [-0.39, 0.29) is 30.1 Å². The molecule has 0 radical (unpaired) electrons. The van der Waals surface area contributed by atoms with E-state index >= 15 is 0 Å². The molecule has 0 bridgehead atoms. The van der Waals surface area contributed by atoms with Gasteiger partial charge in [-0.15, -0.1) is 12.4 Å². The lowest BCUT2D eigenvalue weighted by molar-refractivity contribution is 0.0589. The lowest BCUT2D eigenvalue weighted by Crippen LogP contribution is -2.49. The molecule has 1 atom stereocenters. The van der Waals surface area contributed by atoms with Gasteiger partial charge in [0.1, 0.15) is 17.6 Å².